The first-order chi connectivity index (χ1) is 12.1. The Bertz CT molecular complexity index is 784. The Morgan fingerprint density at radius 3 is 2.64 bits per heavy atom. The lowest BCUT2D eigenvalue weighted by atomic mass is 9.82. The first-order valence-electron chi connectivity index (χ1n) is 9.00. The van der Waals surface area contributed by atoms with Crippen LogP contribution in [0, 0.1) is 5.92 Å². The first kappa shape index (κ1) is 16.0. The van der Waals surface area contributed by atoms with Crippen molar-refractivity contribution >= 4 is 5.91 Å². The average Bonchev–Trinajstić information content (AvgIpc) is 3.11. The van der Waals surface area contributed by atoms with Crippen molar-refractivity contribution < 1.29 is 14.6 Å². The van der Waals surface area contributed by atoms with Crippen LogP contribution in [0.3, 0.4) is 0 Å². The van der Waals surface area contributed by atoms with Crippen LogP contribution < -0.4 is 10.5 Å². The molecule has 1 aliphatic heterocycles. The Labute approximate surface area is 147 Å². The van der Waals surface area contributed by atoms with Crippen LogP contribution in [0.1, 0.15) is 53.1 Å². The van der Waals surface area contributed by atoms with Crippen LogP contribution in [-0.4, -0.2) is 17.1 Å². The van der Waals surface area contributed by atoms with Crippen molar-refractivity contribution in [3.8, 4) is 11.5 Å². The molecule has 3 atom stereocenters. The highest BCUT2D eigenvalue weighted by atomic mass is 16.5. The smallest absolute Gasteiger partial charge is 0.248 e. The molecule has 3 N–H and O–H groups in total. The van der Waals surface area contributed by atoms with Crippen molar-refractivity contribution in [1.29, 1.82) is 0 Å². The molecule has 4 rings (SSSR count). The quantitative estimate of drug-likeness (QED) is 0.895. The van der Waals surface area contributed by atoms with E-state index in [1.165, 1.54) is 24.8 Å². The topological polar surface area (TPSA) is 72.6 Å². The number of nitrogens with two attached hydrogens (primary N) is 1. The Kier molecular flexibility index (Phi) is 4.12. The molecular weight excluding hydrogens is 314 g/mol. The van der Waals surface area contributed by atoms with Gasteiger partial charge in [-0.25, -0.2) is 0 Å². The van der Waals surface area contributed by atoms with E-state index in [-0.39, 0.29) is 6.10 Å². The fourth-order valence-corrected chi connectivity index (χ4v) is 4.43. The number of hydrogen-bond donors (Lipinski definition) is 2. The van der Waals surface area contributed by atoms with Gasteiger partial charge in [0, 0.05) is 11.5 Å². The molecule has 1 fully saturated rings. The summed E-state index contributed by atoms with van der Waals surface area (Å²) >= 11 is 0. The number of fused-ring (bicyclic) bond motifs is 1. The number of ether oxygens (including phenoxy) is 1. The molecule has 0 radical (unpaired) electrons. The van der Waals surface area contributed by atoms with Gasteiger partial charge in [0.15, 0.2) is 0 Å². The number of aryl methyl sites for hydroxylation is 1. The highest BCUT2D eigenvalue weighted by molar-refractivity contribution is 5.93. The van der Waals surface area contributed by atoms with Gasteiger partial charge >= 0.3 is 0 Å². The van der Waals surface area contributed by atoms with Crippen molar-refractivity contribution in [2.75, 3.05) is 0 Å². The molecule has 1 aliphatic carbocycles. The van der Waals surface area contributed by atoms with Crippen molar-refractivity contribution in [2.45, 2.75) is 44.1 Å². The van der Waals surface area contributed by atoms with Crippen LogP contribution in [0.5, 0.6) is 11.5 Å². The van der Waals surface area contributed by atoms with Crippen LogP contribution in [-0.2, 0) is 6.42 Å². The van der Waals surface area contributed by atoms with E-state index in [0.29, 0.717) is 23.1 Å². The number of rotatable bonds is 3. The number of aromatic hydroxyl groups is 1. The van der Waals surface area contributed by atoms with E-state index in [0.717, 1.165) is 24.2 Å². The Morgan fingerprint density at radius 1 is 1.08 bits per heavy atom. The number of primary amides is 1. The van der Waals surface area contributed by atoms with Crippen LogP contribution in [0.4, 0.5) is 0 Å². The summed E-state index contributed by atoms with van der Waals surface area (Å²) < 4.78 is 6.32. The molecule has 1 amide bonds. The molecular formula is C21H23NO3. The Hall–Kier alpha value is -2.49. The molecule has 0 spiro atoms. The van der Waals surface area contributed by atoms with E-state index in [4.69, 9.17) is 10.5 Å². The zero-order valence-electron chi connectivity index (χ0n) is 14.2. The maximum Gasteiger partial charge on any atom is 0.248 e. The molecule has 2 aromatic rings. The fourth-order valence-electron chi connectivity index (χ4n) is 4.43. The lowest BCUT2D eigenvalue weighted by Gasteiger charge is -2.33. The van der Waals surface area contributed by atoms with E-state index >= 15 is 0 Å². The molecule has 2 unspecified atom stereocenters. The van der Waals surface area contributed by atoms with Crippen molar-refractivity contribution in [3.05, 3.63) is 59.2 Å². The van der Waals surface area contributed by atoms with Gasteiger partial charge in [-0.15, -0.1) is 0 Å². The monoisotopic (exact) mass is 337 g/mol. The van der Waals surface area contributed by atoms with Gasteiger partial charge in [0.2, 0.25) is 5.91 Å². The third-order valence-corrected chi connectivity index (χ3v) is 5.69. The largest absolute Gasteiger partial charge is 0.508 e. The highest BCUT2D eigenvalue weighted by Crippen LogP contribution is 2.45. The van der Waals surface area contributed by atoms with Crippen LogP contribution in [0.25, 0.3) is 0 Å². The molecule has 1 heterocycles. The second-order valence-electron chi connectivity index (χ2n) is 7.17. The molecule has 0 saturated heterocycles. The fraction of sp³-hybridized carbons (Fsp3) is 0.381. The standard InChI is InChI=1S/C21H23NO3/c22-21(24)15-7-10-19-14(12-15)6-11-20(25-19)18-3-1-2-17(18)13-4-8-16(23)9-5-13/h4-5,7-10,12,17-18,20,23H,1-3,6,11H2,(H2,22,24)/t17?,18?,20-/m0/s1. The van der Waals surface area contributed by atoms with E-state index in [1.54, 1.807) is 18.2 Å². The molecule has 4 heteroatoms. The minimum absolute atomic E-state index is 0.202. The minimum Gasteiger partial charge on any atom is -0.508 e. The van der Waals surface area contributed by atoms with Gasteiger partial charge in [0.25, 0.3) is 0 Å². The van der Waals surface area contributed by atoms with Gasteiger partial charge in [-0.1, -0.05) is 18.6 Å². The van der Waals surface area contributed by atoms with Crippen LogP contribution in [0.2, 0.25) is 0 Å². The van der Waals surface area contributed by atoms with Gasteiger partial charge in [-0.05, 0) is 73.1 Å². The first-order valence-corrected chi connectivity index (χ1v) is 9.00. The van der Waals surface area contributed by atoms with Crippen LogP contribution >= 0.6 is 0 Å². The number of amides is 1. The predicted molar refractivity (Wildman–Crippen MR) is 95.9 cm³/mol. The van der Waals surface area contributed by atoms with Gasteiger partial charge < -0.3 is 15.6 Å². The third kappa shape index (κ3) is 3.09. The maximum absolute atomic E-state index is 11.3. The molecule has 2 aromatic carbocycles. The number of carbonyl (C=O) groups is 1. The second kappa shape index (κ2) is 6.43. The summed E-state index contributed by atoms with van der Waals surface area (Å²) in [6.07, 6.45) is 5.64. The van der Waals surface area contributed by atoms with Crippen molar-refractivity contribution in [2.24, 2.45) is 11.7 Å². The maximum atomic E-state index is 11.3. The SMILES string of the molecule is NC(=O)c1ccc2c(c1)CC[C@@H](C1CCCC1c1ccc(O)cc1)O2. The summed E-state index contributed by atoms with van der Waals surface area (Å²) in [5.74, 6) is 1.78. The molecule has 2 aliphatic rings. The van der Waals surface area contributed by atoms with Gasteiger partial charge in [-0.3, -0.25) is 4.79 Å². The number of carbonyl (C=O) groups excluding carboxylic acids is 1. The molecule has 0 aromatic heterocycles. The van der Waals surface area contributed by atoms with Gasteiger partial charge in [-0.2, -0.15) is 0 Å². The highest BCUT2D eigenvalue weighted by Gasteiger charge is 2.37. The number of hydrogen-bond acceptors (Lipinski definition) is 3. The van der Waals surface area contributed by atoms with Gasteiger partial charge in [0.05, 0.1) is 0 Å². The van der Waals surface area contributed by atoms with E-state index in [9.17, 15) is 9.90 Å². The molecule has 0 bridgehead atoms. The number of phenols is 1. The molecule has 25 heavy (non-hydrogen) atoms. The van der Waals surface area contributed by atoms with Crippen molar-refractivity contribution in [1.82, 2.24) is 0 Å². The van der Waals surface area contributed by atoms with E-state index in [1.807, 2.05) is 24.3 Å². The van der Waals surface area contributed by atoms with E-state index in [2.05, 4.69) is 0 Å². The Balaban J connectivity index is 1.54. The summed E-state index contributed by atoms with van der Waals surface area (Å²) in [7, 11) is 0. The molecule has 130 valence electrons. The number of phenolic OH excluding ortho intramolecular Hbond substituents is 1. The summed E-state index contributed by atoms with van der Waals surface area (Å²) in [5.41, 5.74) is 8.28. The third-order valence-electron chi connectivity index (χ3n) is 5.69. The normalized spacial score (nSPS) is 25.2. The van der Waals surface area contributed by atoms with Gasteiger partial charge in [0.1, 0.15) is 17.6 Å². The molecule has 4 nitrogen and oxygen atoms in total. The zero-order valence-corrected chi connectivity index (χ0v) is 14.2. The minimum atomic E-state index is -0.395. The zero-order chi connectivity index (χ0) is 17.4. The van der Waals surface area contributed by atoms with E-state index < -0.39 is 5.91 Å². The Morgan fingerprint density at radius 2 is 1.88 bits per heavy atom. The number of benzene rings is 2. The second-order valence-corrected chi connectivity index (χ2v) is 7.17. The van der Waals surface area contributed by atoms with Crippen molar-refractivity contribution in [3.63, 3.8) is 0 Å². The lowest BCUT2D eigenvalue weighted by molar-refractivity contribution is 0.0995. The van der Waals surface area contributed by atoms with Crippen LogP contribution in [0.15, 0.2) is 42.5 Å². The predicted octanol–water partition coefficient (Wildman–Crippen LogP) is 3.77. The summed E-state index contributed by atoms with van der Waals surface area (Å²) in [6.45, 7) is 0. The average molecular weight is 337 g/mol. The summed E-state index contributed by atoms with van der Waals surface area (Å²) in [4.78, 5) is 11.3. The summed E-state index contributed by atoms with van der Waals surface area (Å²) in [6, 6.07) is 13.1. The lowest BCUT2D eigenvalue weighted by Crippen LogP contribution is -2.32. The summed E-state index contributed by atoms with van der Waals surface area (Å²) in [5, 5.41) is 9.53. The molecule has 1 saturated carbocycles.